The van der Waals surface area contributed by atoms with Gasteiger partial charge in [-0.3, -0.25) is 9.59 Å². The van der Waals surface area contributed by atoms with Crippen molar-refractivity contribution >= 4 is 35.0 Å². The van der Waals surface area contributed by atoms with Crippen LogP contribution in [0.1, 0.15) is 63.5 Å². The summed E-state index contributed by atoms with van der Waals surface area (Å²) in [6.07, 6.45) is 5.64. The minimum absolute atomic E-state index is 0.115. The maximum Gasteiger partial charge on any atom is 0.217 e. The molecule has 2 amide bonds. The van der Waals surface area contributed by atoms with Gasteiger partial charge in [0.1, 0.15) is 11.5 Å². The normalized spacial score (nSPS) is 10.7. The van der Waals surface area contributed by atoms with Gasteiger partial charge in [0.25, 0.3) is 0 Å². The van der Waals surface area contributed by atoms with Gasteiger partial charge in [-0.2, -0.15) is 0 Å². The zero-order chi connectivity index (χ0) is 26.2. The van der Waals surface area contributed by atoms with Crippen LogP contribution in [0.3, 0.4) is 0 Å². The van der Waals surface area contributed by atoms with Crippen LogP contribution in [0.25, 0.3) is 11.1 Å². The van der Waals surface area contributed by atoms with Crippen molar-refractivity contribution in [2.75, 3.05) is 25.0 Å². The summed E-state index contributed by atoms with van der Waals surface area (Å²) in [4.78, 5) is 23.5. The molecule has 0 unspecified atom stereocenters. The van der Waals surface area contributed by atoms with Gasteiger partial charge in [-0.05, 0) is 61.8 Å². The van der Waals surface area contributed by atoms with Crippen molar-refractivity contribution in [1.82, 2.24) is 10.6 Å². The van der Waals surface area contributed by atoms with E-state index in [-0.39, 0.29) is 11.8 Å². The summed E-state index contributed by atoms with van der Waals surface area (Å²) in [6, 6.07) is 11.7. The maximum absolute atomic E-state index is 11.7. The van der Waals surface area contributed by atoms with Gasteiger partial charge in [0, 0.05) is 49.8 Å². The van der Waals surface area contributed by atoms with E-state index in [9.17, 15) is 9.59 Å². The molecule has 36 heavy (non-hydrogen) atoms. The van der Waals surface area contributed by atoms with Gasteiger partial charge in [0.15, 0.2) is 0 Å². The lowest BCUT2D eigenvalue weighted by Crippen LogP contribution is -2.21. The third-order valence-electron chi connectivity index (χ3n) is 5.60. The summed E-state index contributed by atoms with van der Waals surface area (Å²) in [5.41, 5.74) is 3.54. The first-order valence-electron chi connectivity index (χ1n) is 12.6. The molecule has 0 fully saturated rings. The van der Waals surface area contributed by atoms with Crippen molar-refractivity contribution in [3.8, 4) is 22.6 Å². The first-order valence-corrected chi connectivity index (χ1v) is 13.6. The minimum atomic E-state index is -0.115. The van der Waals surface area contributed by atoms with E-state index >= 15 is 0 Å². The number of carbonyl (C=O) groups excluding carboxylic acids is 2. The second-order valence-electron chi connectivity index (χ2n) is 8.60. The van der Waals surface area contributed by atoms with Gasteiger partial charge in [-0.15, -0.1) is 23.2 Å². The second kappa shape index (κ2) is 17.1. The molecule has 0 aromatic heterocycles. The number of hydrogen-bond donors (Lipinski definition) is 2. The SMILES string of the molecule is CC(=O)NCc1cccc(OCCCCCCl)c1-c1c(CNC(C)=O)cccc1OCCCCCCl. The molecule has 0 saturated heterocycles. The third kappa shape index (κ3) is 10.3. The monoisotopic (exact) mass is 536 g/mol. The van der Waals surface area contributed by atoms with Crippen molar-refractivity contribution in [3.05, 3.63) is 47.5 Å². The lowest BCUT2D eigenvalue weighted by atomic mass is 9.93. The van der Waals surface area contributed by atoms with Gasteiger partial charge in [-0.25, -0.2) is 0 Å². The highest BCUT2D eigenvalue weighted by atomic mass is 35.5. The smallest absolute Gasteiger partial charge is 0.217 e. The molecular formula is C28H38Cl2N2O4. The second-order valence-corrected chi connectivity index (χ2v) is 9.35. The van der Waals surface area contributed by atoms with Gasteiger partial charge >= 0.3 is 0 Å². The lowest BCUT2D eigenvalue weighted by Gasteiger charge is -2.22. The molecule has 8 heteroatoms. The summed E-state index contributed by atoms with van der Waals surface area (Å²) in [7, 11) is 0. The van der Waals surface area contributed by atoms with Crippen molar-refractivity contribution in [2.24, 2.45) is 0 Å². The van der Waals surface area contributed by atoms with Crippen LogP contribution < -0.4 is 20.1 Å². The van der Waals surface area contributed by atoms with E-state index < -0.39 is 0 Å². The number of benzene rings is 2. The predicted molar refractivity (Wildman–Crippen MR) is 147 cm³/mol. The Morgan fingerprint density at radius 3 is 1.44 bits per heavy atom. The first-order chi connectivity index (χ1) is 17.5. The number of unbranched alkanes of at least 4 members (excludes halogenated alkanes) is 4. The number of nitrogens with one attached hydrogen (secondary N) is 2. The largest absolute Gasteiger partial charge is 0.493 e. The zero-order valence-electron chi connectivity index (χ0n) is 21.3. The van der Waals surface area contributed by atoms with Gasteiger partial charge in [0.2, 0.25) is 11.8 Å². The zero-order valence-corrected chi connectivity index (χ0v) is 22.9. The summed E-state index contributed by atoms with van der Waals surface area (Å²) in [5.74, 6) is 2.47. The lowest BCUT2D eigenvalue weighted by molar-refractivity contribution is -0.120. The Labute approximate surface area is 225 Å². The Hall–Kier alpha value is -2.44. The molecule has 2 N–H and O–H groups in total. The number of halogens is 2. The number of hydrogen-bond acceptors (Lipinski definition) is 4. The highest BCUT2D eigenvalue weighted by Crippen LogP contribution is 2.42. The van der Waals surface area contributed by atoms with Gasteiger partial charge < -0.3 is 20.1 Å². The molecule has 2 aromatic rings. The molecule has 0 heterocycles. The molecule has 0 spiro atoms. The molecule has 2 aromatic carbocycles. The van der Waals surface area contributed by atoms with Crippen molar-refractivity contribution in [1.29, 1.82) is 0 Å². The molecular weight excluding hydrogens is 499 g/mol. The number of carbonyl (C=O) groups is 2. The van der Waals surface area contributed by atoms with Crippen molar-refractivity contribution < 1.29 is 19.1 Å². The molecule has 0 atom stereocenters. The van der Waals surface area contributed by atoms with Crippen LogP contribution in [-0.2, 0) is 22.7 Å². The van der Waals surface area contributed by atoms with E-state index in [4.69, 9.17) is 32.7 Å². The standard InChI is InChI=1S/C28H38Cl2N2O4/c1-21(33)31-19-23-11-9-13-25(35-17-7-3-5-15-29)27(23)28-24(20-32-22(2)34)12-10-14-26(28)36-18-8-4-6-16-30/h9-14H,3-8,15-20H2,1-2H3,(H,31,33)(H,32,34). The number of alkyl halides is 2. The van der Waals surface area contributed by atoms with Crippen LogP contribution in [-0.4, -0.2) is 36.8 Å². The Morgan fingerprint density at radius 2 is 1.08 bits per heavy atom. The maximum atomic E-state index is 11.7. The fourth-order valence-electron chi connectivity index (χ4n) is 3.81. The van der Waals surface area contributed by atoms with Crippen LogP contribution in [0.5, 0.6) is 11.5 Å². The van der Waals surface area contributed by atoms with E-state index in [0.29, 0.717) is 49.6 Å². The number of ether oxygens (including phenoxy) is 2. The van der Waals surface area contributed by atoms with Gasteiger partial charge in [0.05, 0.1) is 13.2 Å². The third-order valence-corrected chi connectivity index (χ3v) is 6.14. The highest BCUT2D eigenvalue weighted by Gasteiger charge is 2.20. The summed E-state index contributed by atoms with van der Waals surface area (Å²) in [6.45, 7) is 4.79. The Balaban J connectivity index is 2.50. The molecule has 2 rings (SSSR count). The van der Waals surface area contributed by atoms with Crippen LogP contribution in [0.2, 0.25) is 0 Å². The first kappa shape index (κ1) is 29.8. The van der Waals surface area contributed by atoms with Gasteiger partial charge in [-0.1, -0.05) is 24.3 Å². The molecule has 0 aliphatic carbocycles. The molecule has 0 aliphatic rings. The average molecular weight is 538 g/mol. The van der Waals surface area contributed by atoms with Crippen molar-refractivity contribution in [2.45, 2.75) is 65.5 Å². The Morgan fingerprint density at radius 1 is 0.667 bits per heavy atom. The minimum Gasteiger partial charge on any atom is -0.493 e. The van der Waals surface area contributed by atoms with E-state index in [1.165, 1.54) is 13.8 Å². The Kier molecular flexibility index (Phi) is 14.1. The van der Waals surface area contributed by atoms with E-state index in [0.717, 1.165) is 60.8 Å². The number of rotatable bonds is 17. The number of amides is 2. The average Bonchev–Trinajstić information content (AvgIpc) is 2.86. The van der Waals surface area contributed by atoms with Crippen LogP contribution in [0, 0.1) is 0 Å². The van der Waals surface area contributed by atoms with Crippen molar-refractivity contribution in [3.63, 3.8) is 0 Å². The molecule has 0 bridgehead atoms. The van der Waals surface area contributed by atoms with Crippen LogP contribution in [0.4, 0.5) is 0 Å². The Bertz CT molecular complexity index is 891. The fourth-order valence-corrected chi connectivity index (χ4v) is 4.18. The summed E-state index contributed by atoms with van der Waals surface area (Å²) in [5, 5.41) is 5.81. The van der Waals surface area contributed by atoms with E-state index in [2.05, 4.69) is 10.6 Å². The van der Waals surface area contributed by atoms with E-state index in [1.807, 2.05) is 36.4 Å². The quantitative estimate of drug-likeness (QED) is 0.186. The fraction of sp³-hybridized carbons (Fsp3) is 0.500. The van der Waals surface area contributed by atoms with Crippen LogP contribution >= 0.6 is 23.2 Å². The topological polar surface area (TPSA) is 76.7 Å². The van der Waals surface area contributed by atoms with E-state index in [1.54, 1.807) is 0 Å². The highest BCUT2D eigenvalue weighted by molar-refractivity contribution is 6.18. The predicted octanol–water partition coefficient (Wildman–Crippen LogP) is 6.20. The van der Waals surface area contributed by atoms with Crippen LogP contribution in [0.15, 0.2) is 36.4 Å². The molecule has 0 radical (unpaired) electrons. The molecule has 0 aliphatic heterocycles. The summed E-state index contributed by atoms with van der Waals surface area (Å²) < 4.78 is 12.5. The molecule has 6 nitrogen and oxygen atoms in total. The summed E-state index contributed by atoms with van der Waals surface area (Å²) >= 11 is 11.6. The molecule has 0 saturated carbocycles. The molecule has 198 valence electrons.